The van der Waals surface area contributed by atoms with Crippen LogP contribution in [-0.4, -0.2) is 77.8 Å². The van der Waals surface area contributed by atoms with Crippen molar-refractivity contribution in [2.75, 3.05) is 19.3 Å². The first-order valence-electron chi connectivity index (χ1n) is 13.4. The van der Waals surface area contributed by atoms with Gasteiger partial charge in [-0.2, -0.15) is 0 Å². The number of H-pyrrole nitrogens is 1. The molecule has 1 aromatic carbocycles. The van der Waals surface area contributed by atoms with Crippen LogP contribution in [0.3, 0.4) is 0 Å². The number of nitrogens with zero attached hydrogens (tertiary/aromatic N) is 5. The molecule has 3 heterocycles. The molecule has 0 bridgehead atoms. The van der Waals surface area contributed by atoms with Crippen LogP contribution >= 0.6 is 0 Å². The molecular formula is C27H32F3N7O3. The lowest BCUT2D eigenvalue weighted by atomic mass is 9.76. The predicted octanol–water partition coefficient (Wildman–Crippen LogP) is 3.41. The van der Waals surface area contributed by atoms with Gasteiger partial charge in [0.25, 0.3) is 0 Å². The van der Waals surface area contributed by atoms with Gasteiger partial charge < -0.3 is 35.1 Å². The standard InChI is InChI=1S/C27H32F3N7O3/c1-36(12-15-10-21(24(39)23(15)38)37-7-6-18-25(31)32-13-33-26(18)37)16-8-14(9-16)2-5-22-34-19-4-3-17(11-20(19)35-22)40-27(28,29)30/h3-4,6-7,11,13-16,21,23-24,38-39H,2,5,8-10,12H2,1H3,(H,34,35)(H2,31,32,33). The summed E-state index contributed by atoms with van der Waals surface area (Å²) in [4.78, 5) is 18.2. The number of alkyl halides is 3. The molecule has 2 aliphatic rings. The van der Waals surface area contributed by atoms with Crippen molar-refractivity contribution in [2.45, 2.75) is 62.8 Å². The Balaban J connectivity index is 0.999. The van der Waals surface area contributed by atoms with Crippen molar-refractivity contribution >= 4 is 27.9 Å². The summed E-state index contributed by atoms with van der Waals surface area (Å²) in [6, 6.07) is 6.03. The van der Waals surface area contributed by atoms with Crippen molar-refractivity contribution < 1.29 is 28.1 Å². The van der Waals surface area contributed by atoms with Gasteiger partial charge in [0.15, 0.2) is 0 Å². The van der Waals surface area contributed by atoms with E-state index in [9.17, 15) is 23.4 Å². The van der Waals surface area contributed by atoms with E-state index in [-0.39, 0.29) is 17.7 Å². The van der Waals surface area contributed by atoms with Crippen molar-refractivity contribution in [1.82, 2.24) is 29.4 Å². The van der Waals surface area contributed by atoms with Gasteiger partial charge in [-0.1, -0.05) is 0 Å². The third-order valence-corrected chi connectivity index (χ3v) is 8.55. The second-order valence-corrected chi connectivity index (χ2v) is 11.1. The van der Waals surface area contributed by atoms with Gasteiger partial charge in [0.2, 0.25) is 0 Å². The molecule has 0 amide bonds. The van der Waals surface area contributed by atoms with Crippen LogP contribution in [0, 0.1) is 11.8 Å². The lowest BCUT2D eigenvalue weighted by Gasteiger charge is -2.42. The monoisotopic (exact) mass is 559 g/mol. The molecule has 5 N–H and O–H groups in total. The molecule has 214 valence electrons. The van der Waals surface area contributed by atoms with E-state index in [0.717, 1.165) is 30.5 Å². The van der Waals surface area contributed by atoms with Crippen LogP contribution in [-0.2, 0) is 6.42 Å². The Hall–Kier alpha value is -3.42. The van der Waals surface area contributed by atoms with Crippen molar-refractivity contribution in [3.8, 4) is 5.75 Å². The van der Waals surface area contributed by atoms with Crippen molar-refractivity contribution in [1.29, 1.82) is 0 Å². The number of nitrogen functional groups attached to an aromatic ring is 1. The zero-order valence-electron chi connectivity index (χ0n) is 21.9. The predicted molar refractivity (Wildman–Crippen MR) is 141 cm³/mol. The Morgan fingerprint density at radius 1 is 1.15 bits per heavy atom. The number of imidazole rings is 1. The normalized spacial score (nSPS) is 27.1. The molecule has 3 aromatic heterocycles. The van der Waals surface area contributed by atoms with Gasteiger partial charge >= 0.3 is 6.36 Å². The molecule has 10 nitrogen and oxygen atoms in total. The van der Waals surface area contributed by atoms with Crippen LogP contribution in [0.5, 0.6) is 5.75 Å². The number of rotatable bonds is 8. The molecule has 2 fully saturated rings. The minimum Gasteiger partial charge on any atom is -0.406 e. The molecule has 0 aliphatic heterocycles. The number of benzene rings is 1. The van der Waals surface area contributed by atoms with E-state index in [1.165, 1.54) is 24.5 Å². The van der Waals surface area contributed by atoms with Gasteiger partial charge in [0.1, 0.15) is 35.5 Å². The summed E-state index contributed by atoms with van der Waals surface area (Å²) in [6.07, 6.45) is 1.07. The summed E-state index contributed by atoms with van der Waals surface area (Å²) in [5.74, 6) is 1.30. The summed E-state index contributed by atoms with van der Waals surface area (Å²) in [5, 5.41) is 22.4. The summed E-state index contributed by atoms with van der Waals surface area (Å²) in [7, 11) is 2.06. The summed E-state index contributed by atoms with van der Waals surface area (Å²) < 4.78 is 43.4. The third kappa shape index (κ3) is 5.20. The van der Waals surface area contributed by atoms with Gasteiger partial charge in [-0.3, -0.25) is 0 Å². The molecule has 13 heteroatoms. The summed E-state index contributed by atoms with van der Waals surface area (Å²) in [5.41, 5.74) is 7.73. The highest BCUT2D eigenvalue weighted by atomic mass is 19.4. The SMILES string of the molecule is CN(CC1CC(n2ccc3c(N)ncnc32)C(O)C1O)C1CC(CCc2nc3ccc(OC(F)(F)F)cc3[nH]2)C1. The Labute approximate surface area is 228 Å². The summed E-state index contributed by atoms with van der Waals surface area (Å²) in [6.45, 7) is 0.675. The largest absolute Gasteiger partial charge is 0.573 e. The number of nitrogens with two attached hydrogens (primary N) is 1. The van der Waals surface area contributed by atoms with Gasteiger partial charge in [0.05, 0.1) is 28.6 Å². The minimum atomic E-state index is -4.73. The van der Waals surface area contributed by atoms with Gasteiger partial charge in [-0.15, -0.1) is 13.2 Å². The molecule has 4 atom stereocenters. The second kappa shape index (κ2) is 10.2. The maximum absolute atomic E-state index is 12.5. The first kappa shape index (κ1) is 26.8. The van der Waals surface area contributed by atoms with E-state index in [2.05, 4.69) is 36.6 Å². The Morgan fingerprint density at radius 2 is 1.95 bits per heavy atom. The summed E-state index contributed by atoms with van der Waals surface area (Å²) >= 11 is 0. The fraction of sp³-hybridized carbons (Fsp3) is 0.519. The highest BCUT2D eigenvalue weighted by Crippen LogP contribution is 2.40. The van der Waals surface area contributed by atoms with Crippen molar-refractivity contribution in [3.05, 3.63) is 42.6 Å². The van der Waals surface area contributed by atoms with Crippen LogP contribution in [0.4, 0.5) is 19.0 Å². The molecule has 4 unspecified atom stereocenters. The van der Waals surface area contributed by atoms with Crippen molar-refractivity contribution in [2.24, 2.45) is 11.8 Å². The van der Waals surface area contributed by atoms with E-state index in [1.54, 1.807) is 0 Å². The molecular weight excluding hydrogens is 527 g/mol. The number of aliphatic hydroxyl groups is 2. The highest BCUT2D eigenvalue weighted by Gasteiger charge is 2.44. The Morgan fingerprint density at radius 3 is 2.73 bits per heavy atom. The number of anilines is 1. The minimum absolute atomic E-state index is 0.0811. The molecule has 4 aromatic rings. The highest BCUT2D eigenvalue weighted by molar-refractivity contribution is 5.86. The number of aliphatic hydroxyl groups excluding tert-OH is 2. The Bertz CT molecular complexity index is 1500. The molecule has 2 aliphatic carbocycles. The zero-order valence-corrected chi connectivity index (χ0v) is 21.9. The number of aryl methyl sites for hydroxylation is 1. The number of ether oxygens (including phenoxy) is 1. The zero-order chi connectivity index (χ0) is 28.2. The smallest absolute Gasteiger partial charge is 0.406 e. The lowest BCUT2D eigenvalue weighted by molar-refractivity contribution is -0.274. The maximum Gasteiger partial charge on any atom is 0.573 e. The number of aromatic nitrogens is 5. The Kier molecular flexibility index (Phi) is 6.83. The van der Waals surface area contributed by atoms with E-state index in [1.807, 2.05) is 16.8 Å². The number of hydrogen-bond donors (Lipinski definition) is 4. The van der Waals surface area contributed by atoms with Crippen LogP contribution < -0.4 is 10.5 Å². The first-order chi connectivity index (χ1) is 19.1. The van der Waals surface area contributed by atoms with E-state index in [4.69, 9.17) is 5.73 Å². The number of nitrogens with one attached hydrogen (secondary N) is 1. The van der Waals surface area contributed by atoms with Gasteiger partial charge in [-0.25, -0.2) is 15.0 Å². The van der Waals surface area contributed by atoms with Gasteiger partial charge in [-0.05, 0) is 56.8 Å². The molecule has 0 saturated heterocycles. The first-order valence-corrected chi connectivity index (χ1v) is 13.4. The van der Waals surface area contributed by atoms with E-state index < -0.39 is 18.6 Å². The number of halogens is 3. The number of aromatic amines is 1. The second-order valence-electron chi connectivity index (χ2n) is 11.1. The molecule has 0 spiro atoms. The van der Waals surface area contributed by atoms with Crippen LogP contribution in [0.25, 0.3) is 22.1 Å². The van der Waals surface area contributed by atoms with E-state index >= 15 is 0 Å². The fourth-order valence-corrected chi connectivity index (χ4v) is 6.33. The van der Waals surface area contributed by atoms with Gasteiger partial charge in [0, 0.05) is 37.2 Å². The maximum atomic E-state index is 12.5. The average molecular weight is 560 g/mol. The molecule has 0 radical (unpaired) electrons. The molecule has 2 saturated carbocycles. The lowest BCUT2D eigenvalue weighted by Crippen LogP contribution is -2.46. The fourth-order valence-electron chi connectivity index (χ4n) is 6.33. The van der Waals surface area contributed by atoms with E-state index in [0.29, 0.717) is 53.8 Å². The third-order valence-electron chi connectivity index (χ3n) is 8.55. The number of hydrogen-bond acceptors (Lipinski definition) is 8. The molecule has 6 rings (SSSR count). The van der Waals surface area contributed by atoms with Crippen molar-refractivity contribution in [3.63, 3.8) is 0 Å². The van der Waals surface area contributed by atoms with Crippen LogP contribution in [0.15, 0.2) is 36.8 Å². The van der Waals surface area contributed by atoms with Crippen LogP contribution in [0.1, 0.15) is 37.5 Å². The molecule has 40 heavy (non-hydrogen) atoms. The quantitative estimate of drug-likeness (QED) is 0.258. The van der Waals surface area contributed by atoms with Crippen LogP contribution in [0.2, 0.25) is 0 Å². The topological polar surface area (TPSA) is 138 Å². The number of fused-ring (bicyclic) bond motifs is 2. The average Bonchev–Trinajstić information content (AvgIpc) is 3.54.